The summed E-state index contributed by atoms with van der Waals surface area (Å²) in [5.74, 6) is -0.269. The zero-order valence-corrected chi connectivity index (χ0v) is 19.1. The lowest BCUT2D eigenvalue weighted by Crippen LogP contribution is -2.44. The van der Waals surface area contributed by atoms with Gasteiger partial charge >= 0.3 is 0 Å². The first-order valence-electron chi connectivity index (χ1n) is 10.4. The highest BCUT2D eigenvalue weighted by Crippen LogP contribution is 2.32. The average Bonchev–Trinajstić information content (AvgIpc) is 3.42. The number of hydrogen-bond acceptors (Lipinski definition) is 5. The lowest BCUT2D eigenvalue weighted by Gasteiger charge is -2.35. The van der Waals surface area contributed by atoms with Crippen molar-refractivity contribution in [2.24, 2.45) is 0 Å². The second kappa shape index (κ2) is 7.90. The highest BCUT2D eigenvalue weighted by molar-refractivity contribution is 6.42. The predicted molar refractivity (Wildman–Crippen MR) is 118 cm³/mol. The van der Waals surface area contributed by atoms with Crippen LogP contribution >= 0.6 is 23.2 Å². The highest BCUT2D eigenvalue weighted by Gasteiger charge is 2.38. The van der Waals surface area contributed by atoms with Gasteiger partial charge in [-0.3, -0.25) is 19.4 Å². The largest absolute Gasteiger partial charge is 0.331 e. The van der Waals surface area contributed by atoms with Crippen LogP contribution in [0.5, 0.6) is 0 Å². The molecule has 0 bridgehead atoms. The molecule has 2 aromatic heterocycles. The van der Waals surface area contributed by atoms with Crippen molar-refractivity contribution in [3.8, 4) is 0 Å². The van der Waals surface area contributed by atoms with Crippen molar-refractivity contribution in [1.29, 1.82) is 0 Å². The molecule has 1 N–H and O–H groups in total. The van der Waals surface area contributed by atoms with Gasteiger partial charge < -0.3 is 9.80 Å². The maximum Gasteiger partial charge on any atom is 0.273 e. The molecule has 2 atom stereocenters. The van der Waals surface area contributed by atoms with E-state index < -0.39 is 0 Å². The van der Waals surface area contributed by atoms with Crippen LogP contribution in [0.25, 0.3) is 0 Å². The lowest BCUT2D eigenvalue weighted by atomic mass is 9.97. The molecule has 0 aliphatic carbocycles. The number of carbonyl (C=O) groups is 2. The van der Waals surface area contributed by atoms with Crippen LogP contribution in [0.1, 0.15) is 57.7 Å². The van der Waals surface area contributed by atoms with Crippen LogP contribution in [0.2, 0.25) is 10.0 Å². The summed E-state index contributed by atoms with van der Waals surface area (Å²) in [5, 5.41) is 15.9. The summed E-state index contributed by atoms with van der Waals surface area (Å²) < 4.78 is 1.78. The highest BCUT2D eigenvalue weighted by atomic mass is 35.5. The Kier molecular flexibility index (Phi) is 5.17. The van der Waals surface area contributed by atoms with Crippen LogP contribution in [0.15, 0.2) is 24.4 Å². The topological polar surface area (TPSA) is 100 Å². The van der Waals surface area contributed by atoms with Gasteiger partial charge in [0.05, 0.1) is 34.9 Å². The molecule has 1 unspecified atom stereocenters. The number of aromatic nitrogens is 5. The van der Waals surface area contributed by atoms with E-state index in [2.05, 4.69) is 15.4 Å². The fourth-order valence-electron chi connectivity index (χ4n) is 4.45. The summed E-state index contributed by atoms with van der Waals surface area (Å²) in [5.41, 5.74) is 3.38. The van der Waals surface area contributed by atoms with E-state index in [-0.39, 0.29) is 23.9 Å². The molecule has 32 heavy (non-hydrogen) atoms. The van der Waals surface area contributed by atoms with Crippen LogP contribution in [0.4, 0.5) is 0 Å². The maximum absolute atomic E-state index is 13.5. The van der Waals surface area contributed by atoms with E-state index in [9.17, 15) is 9.59 Å². The molecule has 2 amide bonds. The van der Waals surface area contributed by atoms with E-state index in [1.165, 1.54) is 0 Å². The van der Waals surface area contributed by atoms with Crippen LogP contribution in [-0.4, -0.2) is 59.4 Å². The lowest BCUT2D eigenvalue weighted by molar-refractivity contribution is 0.0602. The van der Waals surface area contributed by atoms with Gasteiger partial charge in [0.15, 0.2) is 0 Å². The number of amides is 2. The Morgan fingerprint density at radius 2 is 2.06 bits per heavy atom. The van der Waals surface area contributed by atoms with Crippen molar-refractivity contribution in [2.75, 3.05) is 6.54 Å². The second-order valence-electron chi connectivity index (χ2n) is 8.18. The summed E-state index contributed by atoms with van der Waals surface area (Å²) in [6.07, 6.45) is 2.27. The third-order valence-corrected chi connectivity index (χ3v) is 7.00. The molecule has 4 heterocycles. The van der Waals surface area contributed by atoms with Gasteiger partial charge in [-0.05, 0) is 32.0 Å². The number of aromatic amines is 1. The molecular formula is C21H21Cl2N7O2. The Hall–Kier alpha value is -2.91. The van der Waals surface area contributed by atoms with Gasteiger partial charge in [-0.25, -0.2) is 0 Å². The van der Waals surface area contributed by atoms with E-state index in [1.54, 1.807) is 38.9 Å². The Balaban J connectivity index is 1.46. The molecule has 0 spiro atoms. The number of rotatable bonds is 3. The predicted octanol–water partition coefficient (Wildman–Crippen LogP) is 3.11. The van der Waals surface area contributed by atoms with Gasteiger partial charge in [-0.1, -0.05) is 28.4 Å². The fourth-order valence-corrected chi connectivity index (χ4v) is 4.75. The van der Waals surface area contributed by atoms with E-state index in [0.717, 1.165) is 11.3 Å². The Bertz CT molecular complexity index is 1210. The van der Waals surface area contributed by atoms with Gasteiger partial charge in [0.1, 0.15) is 11.4 Å². The first-order chi connectivity index (χ1) is 15.3. The Labute approximate surface area is 194 Å². The molecule has 1 aromatic carbocycles. The van der Waals surface area contributed by atoms with E-state index in [1.807, 2.05) is 13.8 Å². The van der Waals surface area contributed by atoms with Crippen molar-refractivity contribution in [3.05, 3.63) is 62.6 Å². The number of H-pyrrole nitrogens is 1. The standard InChI is InChI=1S/C21H21Cl2N7O2/c1-11-7-17-14(10-29(11)20(31)13-3-4-15(22)16(23)8-13)19-21(32)28(5-6-30(19)26-17)12(2)18-9-24-27-25-18/h3-4,8-9,11-12H,5-7,10H2,1-2H3,(H,24,25,27)/t11-,12?/m1/s1. The SMILES string of the molecule is CC(c1c[nH]nn1)N1CCn2nc3c(c2C1=O)CN(C(=O)c1ccc(Cl)c(Cl)c1)[C@H](C)C3. The van der Waals surface area contributed by atoms with Gasteiger partial charge in [-0.2, -0.15) is 5.10 Å². The smallest absolute Gasteiger partial charge is 0.273 e. The van der Waals surface area contributed by atoms with Crippen LogP contribution in [0.3, 0.4) is 0 Å². The summed E-state index contributed by atoms with van der Waals surface area (Å²) in [6, 6.07) is 4.57. The minimum Gasteiger partial charge on any atom is -0.331 e. The number of benzene rings is 1. The van der Waals surface area contributed by atoms with Crippen molar-refractivity contribution in [2.45, 2.75) is 45.4 Å². The van der Waals surface area contributed by atoms with Crippen molar-refractivity contribution in [3.63, 3.8) is 0 Å². The number of halogens is 2. The molecule has 2 aliphatic heterocycles. The number of carbonyl (C=O) groups excluding carboxylic acids is 2. The quantitative estimate of drug-likeness (QED) is 0.629. The monoisotopic (exact) mass is 473 g/mol. The summed E-state index contributed by atoms with van der Waals surface area (Å²) >= 11 is 12.1. The molecule has 3 aromatic rings. The molecule has 9 nitrogen and oxygen atoms in total. The minimum absolute atomic E-state index is 0.0679. The second-order valence-corrected chi connectivity index (χ2v) is 9.00. The summed E-state index contributed by atoms with van der Waals surface area (Å²) in [7, 11) is 0. The molecule has 11 heteroatoms. The van der Waals surface area contributed by atoms with Crippen LogP contribution in [-0.2, 0) is 19.5 Å². The van der Waals surface area contributed by atoms with Crippen molar-refractivity contribution >= 4 is 35.0 Å². The third-order valence-electron chi connectivity index (χ3n) is 6.26. The number of fused-ring (bicyclic) bond motifs is 3. The van der Waals surface area contributed by atoms with Crippen LogP contribution < -0.4 is 0 Å². The van der Waals surface area contributed by atoms with E-state index in [4.69, 9.17) is 28.3 Å². The number of nitrogens with one attached hydrogen (secondary N) is 1. The third kappa shape index (κ3) is 3.36. The van der Waals surface area contributed by atoms with Gasteiger partial charge in [-0.15, -0.1) is 5.10 Å². The zero-order valence-electron chi connectivity index (χ0n) is 17.5. The average molecular weight is 474 g/mol. The van der Waals surface area contributed by atoms with Crippen LogP contribution in [0, 0.1) is 0 Å². The minimum atomic E-state index is -0.225. The van der Waals surface area contributed by atoms with Gasteiger partial charge in [0.25, 0.3) is 11.8 Å². The summed E-state index contributed by atoms with van der Waals surface area (Å²) in [6.45, 7) is 5.34. The molecule has 0 saturated carbocycles. The van der Waals surface area contributed by atoms with E-state index >= 15 is 0 Å². The molecule has 166 valence electrons. The fraction of sp³-hybridized carbons (Fsp3) is 0.381. The normalized spacial score (nSPS) is 19.0. The Morgan fingerprint density at radius 1 is 1.25 bits per heavy atom. The van der Waals surface area contributed by atoms with E-state index in [0.29, 0.717) is 53.1 Å². The molecule has 5 rings (SSSR count). The van der Waals surface area contributed by atoms with Gasteiger partial charge in [0, 0.05) is 36.3 Å². The molecule has 0 radical (unpaired) electrons. The number of hydrogen-bond donors (Lipinski definition) is 1. The maximum atomic E-state index is 13.5. The Morgan fingerprint density at radius 3 is 2.78 bits per heavy atom. The van der Waals surface area contributed by atoms with Crippen molar-refractivity contribution < 1.29 is 9.59 Å². The number of nitrogens with zero attached hydrogens (tertiary/aromatic N) is 6. The molecule has 0 fully saturated rings. The first kappa shape index (κ1) is 21.0. The summed E-state index contributed by atoms with van der Waals surface area (Å²) in [4.78, 5) is 30.3. The first-order valence-corrected chi connectivity index (χ1v) is 11.1. The van der Waals surface area contributed by atoms with Gasteiger partial charge in [0.2, 0.25) is 0 Å². The molecule has 0 saturated heterocycles. The zero-order chi connectivity index (χ0) is 22.6. The molecular weight excluding hydrogens is 453 g/mol. The molecule has 2 aliphatic rings. The van der Waals surface area contributed by atoms with Crippen molar-refractivity contribution in [1.82, 2.24) is 35.0 Å².